The third-order valence-corrected chi connectivity index (χ3v) is 5.21. The average molecular weight is 411 g/mol. The fourth-order valence-electron chi connectivity index (χ4n) is 3.42. The molecule has 2 aromatic carbocycles. The van der Waals surface area contributed by atoms with Crippen molar-refractivity contribution < 1.29 is 19.1 Å². The van der Waals surface area contributed by atoms with Gasteiger partial charge in [-0.3, -0.25) is 9.59 Å². The second-order valence-electron chi connectivity index (χ2n) is 8.56. The van der Waals surface area contributed by atoms with Gasteiger partial charge in [0.2, 0.25) is 5.91 Å². The number of nitrogens with zero attached hydrogens (tertiary/aromatic N) is 1. The SMILES string of the molecule is COc1cc(NC(=O)C(C)Oc2ccc(C(C)(C)C)cc2)ccc1N1CCCC1=O. The lowest BCUT2D eigenvalue weighted by atomic mass is 9.87. The van der Waals surface area contributed by atoms with Gasteiger partial charge in [-0.2, -0.15) is 0 Å². The van der Waals surface area contributed by atoms with Crippen LogP contribution in [0.15, 0.2) is 42.5 Å². The first-order chi connectivity index (χ1) is 14.2. The molecule has 1 aliphatic rings. The van der Waals surface area contributed by atoms with Crippen LogP contribution >= 0.6 is 0 Å². The fourth-order valence-corrected chi connectivity index (χ4v) is 3.42. The van der Waals surface area contributed by atoms with Crippen LogP contribution in [0.2, 0.25) is 0 Å². The third kappa shape index (κ3) is 4.93. The maximum Gasteiger partial charge on any atom is 0.265 e. The summed E-state index contributed by atoms with van der Waals surface area (Å²) in [6, 6.07) is 13.1. The zero-order chi connectivity index (χ0) is 21.9. The van der Waals surface area contributed by atoms with Crippen LogP contribution in [0.5, 0.6) is 11.5 Å². The molecule has 0 aromatic heterocycles. The number of amides is 2. The van der Waals surface area contributed by atoms with E-state index in [1.54, 1.807) is 37.1 Å². The Labute approximate surface area is 178 Å². The van der Waals surface area contributed by atoms with Crippen molar-refractivity contribution in [2.24, 2.45) is 0 Å². The smallest absolute Gasteiger partial charge is 0.265 e. The average Bonchev–Trinajstić information content (AvgIpc) is 3.13. The van der Waals surface area contributed by atoms with Crippen LogP contribution in [-0.2, 0) is 15.0 Å². The van der Waals surface area contributed by atoms with Crippen molar-refractivity contribution in [3.8, 4) is 11.5 Å². The zero-order valence-corrected chi connectivity index (χ0v) is 18.3. The predicted octanol–water partition coefficient (Wildman–Crippen LogP) is 4.53. The van der Waals surface area contributed by atoms with Gasteiger partial charge < -0.3 is 19.7 Å². The number of carbonyl (C=O) groups excluding carboxylic acids is 2. The lowest BCUT2D eigenvalue weighted by molar-refractivity contribution is -0.122. The van der Waals surface area contributed by atoms with E-state index in [1.165, 1.54) is 5.56 Å². The van der Waals surface area contributed by atoms with E-state index in [4.69, 9.17) is 9.47 Å². The summed E-state index contributed by atoms with van der Waals surface area (Å²) in [5.74, 6) is 1.02. The molecule has 30 heavy (non-hydrogen) atoms. The van der Waals surface area contributed by atoms with Crippen molar-refractivity contribution >= 4 is 23.2 Å². The van der Waals surface area contributed by atoms with Gasteiger partial charge in [-0.25, -0.2) is 0 Å². The Bertz CT molecular complexity index is 916. The Kier molecular flexibility index (Phi) is 6.34. The van der Waals surface area contributed by atoms with Crippen LogP contribution in [0.25, 0.3) is 0 Å². The minimum atomic E-state index is -0.670. The predicted molar refractivity (Wildman–Crippen MR) is 118 cm³/mol. The fraction of sp³-hybridized carbons (Fsp3) is 0.417. The van der Waals surface area contributed by atoms with E-state index in [-0.39, 0.29) is 17.2 Å². The minimum Gasteiger partial charge on any atom is -0.494 e. The molecule has 1 fully saturated rings. The molecular formula is C24H30N2O4. The maximum absolute atomic E-state index is 12.6. The molecule has 0 saturated carbocycles. The summed E-state index contributed by atoms with van der Waals surface area (Å²) in [5, 5.41) is 2.85. The van der Waals surface area contributed by atoms with Crippen molar-refractivity contribution in [3.05, 3.63) is 48.0 Å². The van der Waals surface area contributed by atoms with Crippen molar-refractivity contribution in [2.45, 2.75) is 52.1 Å². The molecule has 0 bridgehead atoms. The second kappa shape index (κ2) is 8.78. The molecule has 1 saturated heterocycles. The van der Waals surface area contributed by atoms with E-state index < -0.39 is 6.10 Å². The van der Waals surface area contributed by atoms with Gasteiger partial charge in [0.05, 0.1) is 12.8 Å². The summed E-state index contributed by atoms with van der Waals surface area (Å²) in [4.78, 5) is 26.3. The van der Waals surface area contributed by atoms with Gasteiger partial charge >= 0.3 is 0 Å². The number of benzene rings is 2. The molecule has 6 heteroatoms. The van der Waals surface area contributed by atoms with Crippen molar-refractivity contribution in [2.75, 3.05) is 23.9 Å². The van der Waals surface area contributed by atoms with Gasteiger partial charge in [-0.15, -0.1) is 0 Å². The highest BCUT2D eigenvalue weighted by Crippen LogP contribution is 2.34. The molecule has 6 nitrogen and oxygen atoms in total. The Morgan fingerprint density at radius 3 is 2.40 bits per heavy atom. The first kappa shape index (κ1) is 21.7. The topological polar surface area (TPSA) is 67.9 Å². The van der Waals surface area contributed by atoms with Gasteiger partial charge in [-0.05, 0) is 48.6 Å². The van der Waals surface area contributed by atoms with Crippen LogP contribution < -0.4 is 19.7 Å². The molecule has 0 spiro atoms. The number of methoxy groups -OCH3 is 1. The molecule has 160 valence electrons. The minimum absolute atomic E-state index is 0.0619. The Balaban J connectivity index is 1.65. The van der Waals surface area contributed by atoms with E-state index in [9.17, 15) is 9.59 Å². The third-order valence-electron chi connectivity index (χ3n) is 5.21. The number of carbonyl (C=O) groups is 2. The number of hydrogen-bond acceptors (Lipinski definition) is 4. The van der Waals surface area contributed by atoms with Crippen LogP contribution in [-0.4, -0.2) is 31.6 Å². The summed E-state index contributed by atoms with van der Waals surface area (Å²) in [7, 11) is 1.55. The summed E-state index contributed by atoms with van der Waals surface area (Å²) in [6.45, 7) is 8.84. The van der Waals surface area contributed by atoms with Crippen LogP contribution in [0.1, 0.15) is 46.1 Å². The lowest BCUT2D eigenvalue weighted by Crippen LogP contribution is -2.30. The number of anilines is 2. The number of nitrogens with one attached hydrogen (secondary N) is 1. The van der Waals surface area contributed by atoms with Gasteiger partial charge in [0.1, 0.15) is 11.5 Å². The molecule has 1 N–H and O–H groups in total. The van der Waals surface area contributed by atoms with E-state index in [0.717, 1.165) is 12.1 Å². The highest BCUT2D eigenvalue weighted by molar-refractivity contribution is 5.98. The van der Waals surface area contributed by atoms with Gasteiger partial charge in [0.25, 0.3) is 5.91 Å². The second-order valence-corrected chi connectivity index (χ2v) is 8.56. The summed E-state index contributed by atoms with van der Waals surface area (Å²) in [6.07, 6.45) is 0.718. The van der Waals surface area contributed by atoms with Gasteiger partial charge in [-0.1, -0.05) is 32.9 Å². The molecule has 1 atom stereocenters. The Morgan fingerprint density at radius 1 is 1.13 bits per heavy atom. The highest BCUT2D eigenvalue weighted by Gasteiger charge is 2.25. The molecular weight excluding hydrogens is 380 g/mol. The van der Waals surface area contributed by atoms with Crippen LogP contribution in [0.4, 0.5) is 11.4 Å². The zero-order valence-electron chi connectivity index (χ0n) is 18.3. The van der Waals surface area contributed by atoms with Crippen molar-refractivity contribution in [3.63, 3.8) is 0 Å². The maximum atomic E-state index is 12.6. The summed E-state index contributed by atoms with van der Waals surface area (Å²) < 4.78 is 11.2. The lowest BCUT2D eigenvalue weighted by Gasteiger charge is -2.21. The molecule has 2 aromatic rings. The Morgan fingerprint density at radius 2 is 1.83 bits per heavy atom. The normalized spacial score (nSPS) is 15.1. The van der Waals surface area contributed by atoms with Crippen molar-refractivity contribution in [1.82, 2.24) is 0 Å². The molecule has 0 aliphatic carbocycles. The van der Waals surface area contributed by atoms with Crippen LogP contribution in [0, 0.1) is 0 Å². The molecule has 1 aliphatic heterocycles. The first-order valence-electron chi connectivity index (χ1n) is 10.3. The van der Waals surface area contributed by atoms with Gasteiger partial charge in [0.15, 0.2) is 6.10 Å². The molecule has 0 radical (unpaired) electrons. The first-order valence-corrected chi connectivity index (χ1v) is 10.3. The van der Waals surface area contributed by atoms with Gasteiger partial charge in [0, 0.05) is 24.7 Å². The van der Waals surface area contributed by atoms with E-state index in [2.05, 4.69) is 26.1 Å². The molecule has 2 amide bonds. The van der Waals surface area contributed by atoms with E-state index in [0.29, 0.717) is 30.2 Å². The monoisotopic (exact) mass is 410 g/mol. The van der Waals surface area contributed by atoms with E-state index >= 15 is 0 Å². The number of hydrogen-bond donors (Lipinski definition) is 1. The number of rotatable bonds is 6. The largest absolute Gasteiger partial charge is 0.494 e. The van der Waals surface area contributed by atoms with E-state index in [1.807, 2.05) is 24.3 Å². The number of ether oxygens (including phenoxy) is 2. The van der Waals surface area contributed by atoms with Crippen LogP contribution in [0.3, 0.4) is 0 Å². The highest BCUT2D eigenvalue weighted by atomic mass is 16.5. The Hall–Kier alpha value is -3.02. The summed E-state index contributed by atoms with van der Waals surface area (Å²) >= 11 is 0. The summed E-state index contributed by atoms with van der Waals surface area (Å²) in [5.41, 5.74) is 2.58. The molecule has 1 unspecified atom stereocenters. The molecule has 3 rings (SSSR count). The quantitative estimate of drug-likeness (QED) is 0.760. The van der Waals surface area contributed by atoms with Crippen molar-refractivity contribution in [1.29, 1.82) is 0 Å². The molecule has 1 heterocycles. The standard InChI is InChI=1S/C24H30N2O4/c1-16(30-19-11-8-17(9-12-19)24(2,3)4)23(28)25-18-10-13-20(21(15-18)29-5)26-14-6-7-22(26)27/h8-13,15-16H,6-7,14H2,1-5H3,(H,25,28).